The first-order chi connectivity index (χ1) is 12.2. The van der Waals surface area contributed by atoms with Gasteiger partial charge in [0, 0.05) is 17.8 Å². The molecule has 1 aromatic carbocycles. The molecular formula is C18H16ClN5O. The highest BCUT2D eigenvalue weighted by Gasteiger charge is 2.09. The van der Waals surface area contributed by atoms with E-state index in [1.165, 1.54) is 0 Å². The van der Waals surface area contributed by atoms with E-state index in [1.807, 2.05) is 36.4 Å². The SMILES string of the molecule is O=C(NCc1ccccc1Cl)c1ccc(NCc2ccccn2)nn1. The molecule has 6 nitrogen and oxygen atoms in total. The topological polar surface area (TPSA) is 79.8 Å². The molecule has 0 unspecified atom stereocenters. The molecule has 0 radical (unpaired) electrons. The van der Waals surface area contributed by atoms with Crippen LogP contribution in [0, 0.1) is 0 Å². The Morgan fingerprint density at radius 2 is 1.80 bits per heavy atom. The van der Waals surface area contributed by atoms with Crippen LogP contribution in [0.4, 0.5) is 5.82 Å². The van der Waals surface area contributed by atoms with Gasteiger partial charge in [0.05, 0.1) is 12.2 Å². The maximum absolute atomic E-state index is 12.1. The summed E-state index contributed by atoms with van der Waals surface area (Å²) < 4.78 is 0. The number of rotatable bonds is 6. The van der Waals surface area contributed by atoms with E-state index in [2.05, 4.69) is 25.8 Å². The number of benzene rings is 1. The smallest absolute Gasteiger partial charge is 0.272 e. The number of aromatic nitrogens is 3. The second-order valence-corrected chi connectivity index (χ2v) is 5.66. The molecule has 7 heteroatoms. The van der Waals surface area contributed by atoms with E-state index >= 15 is 0 Å². The van der Waals surface area contributed by atoms with E-state index in [1.54, 1.807) is 24.4 Å². The van der Waals surface area contributed by atoms with Crippen molar-refractivity contribution in [1.82, 2.24) is 20.5 Å². The second kappa shape index (κ2) is 8.21. The van der Waals surface area contributed by atoms with Gasteiger partial charge in [-0.25, -0.2) is 0 Å². The largest absolute Gasteiger partial charge is 0.363 e. The molecule has 0 saturated heterocycles. The van der Waals surface area contributed by atoms with Crippen LogP contribution in [0.25, 0.3) is 0 Å². The van der Waals surface area contributed by atoms with Gasteiger partial charge in [-0.15, -0.1) is 10.2 Å². The summed E-state index contributed by atoms with van der Waals surface area (Å²) in [6, 6.07) is 16.4. The average Bonchev–Trinajstić information content (AvgIpc) is 2.67. The van der Waals surface area contributed by atoms with E-state index in [4.69, 9.17) is 11.6 Å². The second-order valence-electron chi connectivity index (χ2n) is 5.25. The standard InChI is InChI=1S/C18H16ClN5O/c19-15-7-2-1-5-13(15)11-22-18(25)16-8-9-17(24-23-16)21-12-14-6-3-4-10-20-14/h1-10H,11-12H2,(H,21,24)(H,22,25). The molecule has 0 aliphatic rings. The number of amides is 1. The summed E-state index contributed by atoms with van der Waals surface area (Å²) in [5.41, 5.74) is 1.99. The van der Waals surface area contributed by atoms with Gasteiger partial charge in [-0.3, -0.25) is 9.78 Å². The molecule has 126 valence electrons. The average molecular weight is 354 g/mol. The zero-order valence-corrected chi connectivity index (χ0v) is 14.1. The highest BCUT2D eigenvalue weighted by atomic mass is 35.5. The summed E-state index contributed by atoms with van der Waals surface area (Å²) in [7, 11) is 0. The van der Waals surface area contributed by atoms with E-state index in [0.29, 0.717) is 23.9 Å². The minimum absolute atomic E-state index is 0.246. The number of anilines is 1. The van der Waals surface area contributed by atoms with E-state index < -0.39 is 0 Å². The van der Waals surface area contributed by atoms with Crippen molar-refractivity contribution in [2.24, 2.45) is 0 Å². The van der Waals surface area contributed by atoms with Gasteiger partial charge in [-0.2, -0.15) is 0 Å². The fourth-order valence-corrected chi connectivity index (χ4v) is 2.34. The Morgan fingerprint density at radius 1 is 0.960 bits per heavy atom. The minimum atomic E-state index is -0.302. The van der Waals surface area contributed by atoms with Crippen molar-refractivity contribution in [2.75, 3.05) is 5.32 Å². The van der Waals surface area contributed by atoms with Crippen molar-refractivity contribution in [2.45, 2.75) is 13.1 Å². The Balaban J connectivity index is 1.54. The summed E-state index contributed by atoms with van der Waals surface area (Å²) >= 11 is 6.07. The normalized spacial score (nSPS) is 10.3. The molecule has 0 bridgehead atoms. The van der Waals surface area contributed by atoms with Crippen LogP contribution in [0.2, 0.25) is 5.02 Å². The predicted molar refractivity (Wildman–Crippen MR) is 96.2 cm³/mol. The maximum atomic E-state index is 12.1. The van der Waals surface area contributed by atoms with Crippen molar-refractivity contribution in [3.05, 3.63) is 82.8 Å². The molecule has 0 fully saturated rings. The number of hydrogen-bond donors (Lipinski definition) is 2. The lowest BCUT2D eigenvalue weighted by atomic mass is 10.2. The first-order valence-electron chi connectivity index (χ1n) is 7.71. The summed E-state index contributed by atoms with van der Waals surface area (Å²) in [4.78, 5) is 16.3. The van der Waals surface area contributed by atoms with E-state index in [-0.39, 0.29) is 11.6 Å². The molecule has 0 aliphatic heterocycles. The molecule has 1 amide bonds. The summed E-state index contributed by atoms with van der Waals surface area (Å²) in [5.74, 6) is 0.275. The highest BCUT2D eigenvalue weighted by Crippen LogP contribution is 2.14. The quantitative estimate of drug-likeness (QED) is 0.712. The van der Waals surface area contributed by atoms with Crippen LogP contribution < -0.4 is 10.6 Å². The zero-order valence-electron chi connectivity index (χ0n) is 13.3. The molecule has 2 aromatic heterocycles. The Morgan fingerprint density at radius 3 is 2.52 bits per heavy atom. The van der Waals surface area contributed by atoms with Crippen LogP contribution in [0.1, 0.15) is 21.7 Å². The van der Waals surface area contributed by atoms with Crippen LogP contribution in [0.3, 0.4) is 0 Å². The zero-order chi connectivity index (χ0) is 17.5. The predicted octanol–water partition coefficient (Wildman–Crippen LogP) is 3.07. The van der Waals surface area contributed by atoms with Crippen LogP contribution in [-0.4, -0.2) is 21.1 Å². The van der Waals surface area contributed by atoms with E-state index in [9.17, 15) is 4.79 Å². The van der Waals surface area contributed by atoms with Crippen molar-refractivity contribution in [3.63, 3.8) is 0 Å². The van der Waals surface area contributed by atoms with Gasteiger partial charge in [0.25, 0.3) is 5.91 Å². The summed E-state index contributed by atoms with van der Waals surface area (Å²) in [6.07, 6.45) is 1.73. The molecule has 2 heterocycles. The van der Waals surface area contributed by atoms with Crippen molar-refractivity contribution < 1.29 is 4.79 Å². The lowest BCUT2D eigenvalue weighted by Crippen LogP contribution is -2.24. The van der Waals surface area contributed by atoms with Crippen molar-refractivity contribution in [3.8, 4) is 0 Å². The Hall–Kier alpha value is -2.99. The first kappa shape index (κ1) is 16.9. The van der Waals surface area contributed by atoms with Crippen LogP contribution in [0.5, 0.6) is 0 Å². The van der Waals surface area contributed by atoms with Crippen LogP contribution in [0.15, 0.2) is 60.8 Å². The van der Waals surface area contributed by atoms with Crippen molar-refractivity contribution in [1.29, 1.82) is 0 Å². The highest BCUT2D eigenvalue weighted by molar-refractivity contribution is 6.31. The first-order valence-corrected chi connectivity index (χ1v) is 8.09. The third kappa shape index (κ3) is 4.74. The lowest BCUT2D eigenvalue weighted by molar-refractivity contribution is 0.0945. The van der Waals surface area contributed by atoms with Gasteiger partial charge < -0.3 is 10.6 Å². The molecule has 0 aliphatic carbocycles. The number of carbonyl (C=O) groups is 1. The molecule has 0 atom stereocenters. The fourth-order valence-electron chi connectivity index (χ4n) is 2.14. The molecule has 0 spiro atoms. The minimum Gasteiger partial charge on any atom is -0.363 e. The third-order valence-corrected chi connectivity index (χ3v) is 3.84. The number of nitrogens with one attached hydrogen (secondary N) is 2. The number of pyridine rings is 1. The van der Waals surface area contributed by atoms with Crippen LogP contribution in [-0.2, 0) is 13.1 Å². The summed E-state index contributed by atoms with van der Waals surface area (Å²) in [6.45, 7) is 0.868. The fraction of sp³-hybridized carbons (Fsp3) is 0.111. The monoisotopic (exact) mass is 353 g/mol. The molecule has 2 N–H and O–H groups in total. The van der Waals surface area contributed by atoms with Gasteiger partial charge in [0.2, 0.25) is 0 Å². The summed E-state index contributed by atoms with van der Waals surface area (Å²) in [5, 5.41) is 14.5. The third-order valence-electron chi connectivity index (χ3n) is 3.47. The molecule has 25 heavy (non-hydrogen) atoms. The molecular weight excluding hydrogens is 338 g/mol. The Kier molecular flexibility index (Phi) is 5.53. The van der Waals surface area contributed by atoms with Gasteiger partial charge in [0.15, 0.2) is 5.69 Å². The van der Waals surface area contributed by atoms with Gasteiger partial charge >= 0.3 is 0 Å². The number of carbonyl (C=O) groups excluding carboxylic acids is 1. The van der Waals surface area contributed by atoms with Crippen molar-refractivity contribution >= 4 is 23.3 Å². The maximum Gasteiger partial charge on any atom is 0.272 e. The number of nitrogens with zero attached hydrogens (tertiary/aromatic N) is 3. The van der Waals surface area contributed by atoms with Gasteiger partial charge in [-0.1, -0.05) is 35.9 Å². The molecule has 0 saturated carbocycles. The van der Waals surface area contributed by atoms with Crippen LogP contribution >= 0.6 is 11.6 Å². The van der Waals surface area contributed by atoms with E-state index in [0.717, 1.165) is 11.3 Å². The van der Waals surface area contributed by atoms with Gasteiger partial charge in [0.1, 0.15) is 5.82 Å². The number of halogens is 1. The molecule has 3 rings (SSSR count). The lowest BCUT2D eigenvalue weighted by Gasteiger charge is -2.07. The van der Waals surface area contributed by atoms with Gasteiger partial charge in [-0.05, 0) is 35.9 Å². The molecule has 3 aromatic rings. The number of hydrogen-bond acceptors (Lipinski definition) is 5. The Labute approximate surface area is 150 Å². The Bertz CT molecular complexity index is 840.